The summed E-state index contributed by atoms with van der Waals surface area (Å²) in [5, 5.41) is 4.08. The van der Waals surface area contributed by atoms with Gasteiger partial charge in [-0.05, 0) is 36.4 Å². The third-order valence-electron chi connectivity index (χ3n) is 10.3. The fraction of sp³-hybridized carbons (Fsp3) is 0.167. The molecule has 9 rings (SSSR count). The lowest BCUT2D eigenvalue weighted by Crippen LogP contribution is -2.44. The van der Waals surface area contributed by atoms with Gasteiger partial charge in [0.15, 0.2) is 0 Å². The number of carbonyl (C=O) groups is 5. The number of amides is 4. The molecule has 1 N–H and O–H groups in total. The van der Waals surface area contributed by atoms with Gasteiger partial charge in [0.2, 0.25) is 0 Å². The fourth-order valence-electron chi connectivity index (χ4n) is 7.90. The number of hydrogen-bond donors (Lipinski definition) is 1. The van der Waals surface area contributed by atoms with E-state index in [2.05, 4.69) is 5.32 Å². The third kappa shape index (κ3) is 5.36. The first-order valence-electron chi connectivity index (χ1n) is 17.4. The van der Waals surface area contributed by atoms with Gasteiger partial charge in [0.25, 0.3) is 23.6 Å². The van der Waals surface area contributed by atoms with Crippen LogP contribution < -0.4 is 5.32 Å². The van der Waals surface area contributed by atoms with Crippen LogP contribution in [0.2, 0.25) is 0 Å². The second-order valence-corrected chi connectivity index (χ2v) is 13.5. The lowest BCUT2D eigenvalue weighted by atomic mass is 9.95. The smallest absolute Gasteiger partial charge is 0.338 e. The number of aryl methyl sites for hydroxylation is 1. The van der Waals surface area contributed by atoms with Crippen LogP contribution in [0.15, 0.2) is 116 Å². The second kappa shape index (κ2) is 12.6. The molecular weight excluding hydrogens is 672 g/mol. The van der Waals surface area contributed by atoms with E-state index < -0.39 is 48.0 Å². The minimum Gasteiger partial charge on any atom is -0.458 e. The quantitative estimate of drug-likeness (QED) is 0.162. The molecule has 3 aliphatic rings. The average molecular weight is 705 g/mol. The van der Waals surface area contributed by atoms with Crippen molar-refractivity contribution in [2.75, 3.05) is 6.54 Å². The number of rotatable bonds is 7. The number of nitrogens with zero attached hydrogens (tertiary/aromatic N) is 3. The number of ether oxygens (including phenoxy) is 2. The average Bonchev–Trinajstić information content (AvgIpc) is 3.88. The third-order valence-corrected chi connectivity index (χ3v) is 10.3. The molecule has 0 bridgehead atoms. The van der Waals surface area contributed by atoms with Crippen molar-refractivity contribution < 1.29 is 33.4 Å². The number of benzene rings is 4. The fourth-order valence-corrected chi connectivity index (χ4v) is 7.90. The van der Waals surface area contributed by atoms with Crippen LogP contribution in [0.4, 0.5) is 0 Å². The Morgan fingerprint density at radius 3 is 1.94 bits per heavy atom. The molecule has 262 valence electrons. The Morgan fingerprint density at radius 1 is 0.698 bits per heavy atom. The van der Waals surface area contributed by atoms with Crippen molar-refractivity contribution in [1.29, 1.82) is 0 Å². The van der Waals surface area contributed by atoms with Crippen molar-refractivity contribution in [1.82, 2.24) is 19.4 Å². The molecule has 5 heterocycles. The topological polar surface area (TPSA) is 129 Å². The normalized spacial score (nSPS) is 20.1. The van der Waals surface area contributed by atoms with Crippen molar-refractivity contribution in [3.05, 3.63) is 143 Å². The van der Waals surface area contributed by atoms with Crippen LogP contribution in [0.5, 0.6) is 0 Å². The Kier molecular flexibility index (Phi) is 7.67. The Labute approximate surface area is 303 Å². The minimum absolute atomic E-state index is 0.0540. The summed E-state index contributed by atoms with van der Waals surface area (Å²) in [6, 6.07) is 30.6. The molecule has 3 atom stereocenters. The van der Waals surface area contributed by atoms with Crippen molar-refractivity contribution in [3.8, 4) is 0 Å². The maximum absolute atomic E-state index is 13.7. The van der Waals surface area contributed by atoms with E-state index >= 15 is 0 Å². The maximum Gasteiger partial charge on any atom is 0.338 e. The number of hydrogen-bond acceptors (Lipinski definition) is 7. The Hall–Kier alpha value is -6.59. The van der Waals surface area contributed by atoms with Crippen molar-refractivity contribution >= 4 is 62.6 Å². The molecule has 3 aliphatic heterocycles. The van der Waals surface area contributed by atoms with Crippen molar-refractivity contribution in [3.63, 3.8) is 0 Å². The molecule has 1 saturated heterocycles. The van der Waals surface area contributed by atoms with E-state index in [-0.39, 0.29) is 30.5 Å². The Morgan fingerprint density at radius 2 is 1.26 bits per heavy atom. The first-order valence-corrected chi connectivity index (χ1v) is 17.4. The van der Waals surface area contributed by atoms with Gasteiger partial charge in [0.05, 0.1) is 46.0 Å². The summed E-state index contributed by atoms with van der Waals surface area (Å²) in [5.74, 6) is -2.32. The van der Waals surface area contributed by atoms with E-state index in [9.17, 15) is 24.0 Å². The van der Waals surface area contributed by atoms with E-state index in [0.29, 0.717) is 33.2 Å². The molecule has 4 aromatic carbocycles. The molecule has 53 heavy (non-hydrogen) atoms. The molecule has 4 amide bonds. The number of aromatic nitrogens is 2. The molecule has 0 saturated carbocycles. The first-order chi connectivity index (χ1) is 25.8. The van der Waals surface area contributed by atoms with Crippen LogP contribution in [0.3, 0.4) is 0 Å². The molecule has 0 radical (unpaired) electrons. The molecule has 0 spiro atoms. The SMILES string of the molecule is Cn1cc(C2=C(c3cn([C@H]4C[C@H](OC(=O)c5ccccc5)C[C@@H](CN5C(=O)c6ccccc6C5=O)O4)c4ccccc34)C(=O)NC2=O)c2ccccc21. The molecule has 1 fully saturated rings. The zero-order chi connectivity index (χ0) is 36.4. The zero-order valence-electron chi connectivity index (χ0n) is 28.5. The summed E-state index contributed by atoms with van der Waals surface area (Å²) >= 11 is 0. The summed E-state index contributed by atoms with van der Waals surface area (Å²) in [6.45, 7) is -0.0540. The number of nitrogens with one attached hydrogen (secondary N) is 1. The van der Waals surface area contributed by atoms with E-state index in [1.54, 1.807) is 54.7 Å². The number of esters is 1. The van der Waals surface area contributed by atoms with Crippen LogP contribution in [0.1, 0.15) is 61.3 Å². The Balaban J connectivity index is 1.12. The molecule has 0 aliphatic carbocycles. The van der Waals surface area contributed by atoms with Crippen LogP contribution in [0.25, 0.3) is 33.0 Å². The van der Waals surface area contributed by atoms with E-state index in [1.807, 2.05) is 77.0 Å². The standard InChI is InChI=1S/C42H32N4O7/c1-44-22-31(27-13-7-9-17-33(27)44)36-37(39(48)43-38(36)47)32-23-45(34-18-10-8-14-28(32)34)35-20-25(53-42(51)24-11-3-2-4-12-24)19-26(52-35)21-46-40(49)29-15-5-6-16-30(29)41(46)50/h2-18,22-23,25-26,35H,19-21H2,1H3,(H,43,47,48)/t25-,26+,35-/m1/s1. The first kappa shape index (κ1) is 32.3. The van der Waals surface area contributed by atoms with Crippen molar-refractivity contribution in [2.24, 2.45) is 7.05 Å². The zero-order valence-corrected chi connectivity index (χ0v) is 28.5. The van der Waals surface area contributed by atoms with Crippen molar-refractivity contribution in [2.45, 2.75) is 31.3 Å². The lowest BCUT2D eigenvalue weighted by Gasteiger charge is -2.37. The highest BCUT2D eigenvalue weighted by molar-refractivity contribution is 6.50. The second-order valence-electron chi connectivity index (χ2n) is 13.5. The van der Waals surface area contributed by atoms with Gasteiger partial charge in [-0.2, -0.15) is 0 Å². The highest BCUT2D eigenvalue weighted by atomic mass is 16.6. The summed E-state index contributed by atoms with van der Waals surface area (Å²) in [6.07, 6.45) is 2.06. The highest BCUT2D eigenvalue weighted by Gasteiger charge is 2.41. The van der Waals surface area contributed by atoms with E-state index in [0.717, 1.165) is 16.4 Å². The van der Waals surface area contributed by atoms with Gasteiger partial charge in [-0.15, -0.1) is 0 Å². The van der Waals surface area contributed by atoms with Gasteiger partial charge in [0.1, 0.15) is 12.3 Å². The van der Waals surface area contributed by atoms with Gasteiger partial charge in [-0.3, -0.25) is 29.4 Å². The predicted octanol–water partition coefficient (Wildman–Crippen LogP) is 5.90. The van der Waals surface area contributed by atoms with Gasteiger partial charge in [-0.1, -0.05) is 66.7 Å². The highest BCUT2D eigenvalue weighted by Crippen LogP contribution is 2.41. The van der Waals surface area contributed by atoms with Crippen LogP contribution in [0, 0.1) is 0 Å². The van der Waals surface area contributed by atoms with Crippen LogP contribution >= 0.6 is 0 Å². The molecule has 11 heteroatoms. The van der Waals surface area contributed by atoms with Crippen LogP contribution in [-0.2, 0) is 26.1 Å². The monoisotopic (exact) mass is 704 g/mol. The van der Waals surface area contributed by atoms with Gasteiger partial charge in [0, 0.05) is 59.7 Å². The van der Waals surface area contributed by atoms with Gasteiger partial charge < -0.3 is 18.6 Å². The molecule has 2 aromatic heterocycles. The summed E-state index contributed by atoms with van der Waals surface area (Å²) in [7, 11) is 1.90. The largest absolute Gasteiger partial charge is 0.458 e. The van der Waals surface area contributed by atoms with E-state index in [1.165, 1.54) is 4.90 Å². The molecule has 6 aromatic rings. The lowest BCUT2D eigenvalue weighted by molar-refractivity contribution is -0.132. The van der Waals surface area contributed by atoms with Gasteiger partial charge in [-0.25, -0.2) is 4.79 Å². The van der Waals surface area contributed by atoms with E-state index in [4.69, 9.17) is 9.47 Å². The number of carbonyl (C=O) groups excluding carboxylic acids is 5. The summed E-state index contributed by atoms with van der Waals surface area (Å²) in [5.41, 5.74) is 4.39. The summed E-state index contributed by atoms with van der Waals surface area (Å²) in [4.78, 5) is 68.5. The molecule has 0 unspecified atom stereocenters. The maximum atomic E-state index is 13.7. The number of fused-ring (bicyclic) bond motifs is 3. The van der Waals surface area contributed by atoms with Crippen LogP contribution in [-0.4, -0.2) is 62.4 Å². The number of para-hydroxylation sites is 2. The minimum atomic E-state index is -0.738. The molecule has 11 nitrogen and oxygen atoms in total. The number of imide groups is 2. The predicted molar refractivity (Wildman–Crippen MR) is 195 cm³/mol. The molecular formula is C42H32N4O7. The van der Waals surface area contributed by atoms with Gasteiger partial charge >= 0.3 is 5.97 Å². The summed E-state index contributed by atoms with van der Waals surface area (Å²) < 4.78 is 16.6. The Bertz CT molecular complexity index is 2530.